The number of amides is 2. The lowest BCUT2D eigenvalue weighted by Crippen LogP contribution is -2.48. The maximum atomic E-state index is 17.5. The number of hydrogen-bond donors (Lipinski definition) is 0. The van der Waals surface area contributed by atoms with Crippen molar-refractivity contribution in [2.45, 2.75) is 144 Å². The second-order valence-corrected chi connectivity index (χ2v) is 22.2. The van der Waals surface area contributed by atoms with Gasteiger partial charge >= 0.3 is 18.2 Å². The van der Waals surface area contributed by atoms with Crippen molar-refractivity contribution >= 4 is 32.2 Å². The molecule has 10 nitrogen and oxygen atoms in total. The summed E-state index contributed by atoms with van der Waals surface area (Å²) >= 11 is 0. The van der Waals surface area contributed by atoms with Crippen LogP contribution in [0.2, 0.25) is 18.1 Å². The minimum absolute atomic E-state index is 0.0361. The van der Waals surface area contributed by atoms with Crippen LogP contribution in [0.25, 0.3) is 0 Å². The highest BCUT2D eigenvalue weighted by Crippen LogP contribution is 2.44. The molecule has 55 heavy (non-hydrogen) atoms. The summed E-state index contributed by atoms with van der Waals surface area (Å²) in [6.45, 7) is 31.6. The van der Waals surface area contributed by atoms with E-state index in [-0.39, 0.29) is 58.5 Å². The van der Waals surface area contributed by atoms with Crippen LogP contribution in [0.5, 0.6) is 11.5 Å². The topological polar surface area (TPSA) is 104 Å². The van der Waals surface area contributed by atoms with Crippen LogP contribution in [0.3, 0.4) is 0 Å². The van der Waals surface area contributed by atoms with E-state index in [1.54, 1.807) is 78.0 Å². The van der Waals surface area contributed by atoms with Crippen LogP contribution in [0.1, 0.15) is 117 Å². The average molecular weight is 787 g/mol. The molecule has 0 fully saturated rings. The third-order valence-electron chi connectivity index (χ3n) is 9.25. The summed E-state index contributed by atoms with van der Waals surface area (Å²) in [5.41, 5.74) is -2.78. The monoisotopic (exact) mass is 786 g/mol. The van der Waals surface area contributed by atoms with Gasteiger partial charge in [0, 0.05) is 30.3 Å². The van der Waals surface area contributed by atoms with E-state index >= 15 is 4.39 Å². The molecule has 0 spiro atoms. The Labute approximate surface area is 330 Å². The van der Waals surface area contributed by atoms with Crippen LogP contribution in [-0.2, 0) is 20.3 Å². The van der Waals surface area contributed by atoms with E-state index in [0.29, 0.717) is 24.4 Å². The van der Waals surface area contributed by atoms with E-state index in [0.717, 1.165) is 12.8 Å². The number of imide groups is 1. The quantitative estimate of drug-likeness (QED) is 0.0509. The first kappa shape index (κ1) is 47.4. The number of carbonyl (C=O) groups is 3. The first-order valence-electron chi connectivity index (χ1n) is 19.4. The van der Waals surface area contributed by atoms with Crippen molar-refractivity contribution in [1.29, 1.82) is 0 Å². The van der Waals surface area contributed by atoms with Crippen molar-refractivity contribution in [2.24, 2.45) is 0 Å². The third-order valence-corrected chi connectivity index (χ3v) is 13.7. The molecule has 0 saturated carbocycles. The van der Waals surface area contributed by atoms with Gasteiger partial charge in [0.15, 0.2) is 14.1 Å². The fourth-order valence-corrected chi connectivity index (χ4v) is 6.48. The molecule has 0 heterocycles. The van der Waals surface area contributed by atoms with Crippen molar-refractivity contribution in [3.05, 3.63) is 65.5 Å². The summed E-state index contributed by atoms with van der Waals surface area (Å²) in [4.78, 5) is 45.7. The second-order valence-electron chi connectivity index (χ2n) is 17.4. The zero-order chi connectivity index (χ0) is 41.9. The first-order chi connectivity index (χ1) is 25.4. The highest BCUT2D eigenvalue weighted by Gasteiger charge is 2.42. The van der Waals surface area contributed by atoms with E-state index in [1.807, 2.05) is 6.92 Å². The zero-order valence-corrected chi connectivity index (χ0v) is 36.9. The summed E-state index contributed by atoms with van der Waals surface area (Å²) in [5, 5.41) is -0.107. The van der Waals surface area contributed by atoms with Gasteiger partial charge in [-0.1, -0.05) is 65.3 Å². The molecular weight excluding hydrogens is 720 g/mol. The predicted molar refractivity (Wildman–Crippen MR) is 221 cm³/mol. The molecule has 1 unspecified atom stereocenters. The molecule has 2 aromatic rings. The van der Waals surface area contributed by atoms with Crippen LogP contribution >= 0.6 is 0 Å². The van der Waals surface area contributed by atoms with E-state index in [1.165, 1.54) is 6.92 Å². The van der Waals surface area contributed by atoms with Crippen molar-refractivity contribution < 1.29 is 42.1 Å². The number of unbranched alkanes of at least 4 members (excludes halogenated alkanes) is 1. The normalized spacial score (nSPS) is 12.9. The number of anilines is 1. The van der Waals surface area contributed by atoms with Crippen LogP contribution < -0.4 is 14.4 Å². The molecule has 2 rings (SSSR count). The predicted octanol–water partition coefficient (Wildman–Crippen LogP) is 11.0. The summed E-state index contributed by atoms with van der Waals surface area (Å²) in [6.07, 6.45) is 1.58. The Hall–Kier alpha value is -3.74. The largest absolute Gasteiger partial charge is 0.490 e. The highest BCUT2D eigenvalue weighted by atomic mass is 28.4. The van der Waals surface area contributed by atoms with E-state index in [4.69, 9.17) is 23.4 Å². The maximum absolute atomic E-state index is 17.5. The van der Waals surface area contributed by atoms with E-state index < -0.39 is 49.5 Å². The van der Waals surface area contributed by atoms with Gasteiger partial charge in [0.05, 0.1) is 6.61 Å². The van der Waals surface area contributed by atoms with Crippen LogP contribution in [0.15, 0.2) is 43.0 Å². The Morgan fingerprint density at radius 2 is 1.47 bits per heavy atom. The highest BCUT2D eigenvalue weighted by molar-refractivity contribution is 6.74. The molecule has 2 aromatic carbocycles. The standard InChI is InChI=1S/C43H67FN2O8Si/c1-16-19-27-50-37-34(38(47)52-32-23-21-20-22-24-32)30(4)35(44)33(36(37)46(39(48)53-41(5,6)7)40(49)54-42(8,9)10)28-31(45(25-17-2)26-18-3)29-51-55(14,15)43(11,12)13/h17,20-24,31H,2,16,18-19,25-29H2,1,3-15H3. The molecule has 1 atom stereocenters. The molecule has 0 radical (unpaired) electrons. The van der Waals surface area contributed by atoms with E-state index in [2.05, 4.69) is 52.3 Å². The summed E-state index contributed by atoms with van der Waals surface area (Å²) < 4.78 is 48.1. The van der Waals surface area contributed by atoms with E-state index in [9.17, 15) is 14.4 Å². The summed E-state index contributed by atoms with van der Waals surface area (Å²) in [6, 6.07) is 7.91. The molecule has 12 heteroatoms. The van der Waals surface area contributed by atoms with Gasteiger partial charge in [-0.25, -0.2) is 18.8 Å². The van der Waals surface area contributed by atoms with Crippen LogP contribution in [0, 0.1) is 12.7 Å². The summed E-state index contributed by atoms with van der Waals surface area (Å²) in [5.74, 6) is -1.69. The third kappa shape index (κ3) is 13.8. The molecule has 0 N–H and O–H groups in total. The second kappa shape index (κ2) is 19.9. The van der Waals surface area contributed by atoms with Crippen LogP contribution in [-0.4, -0.2) is 74.9 Å². The molecular formula is C43H67FN2O8Si. The fraction of sp³-hybridized carbons (Fsp3) is 0.605. The zero-order valence-electron chi connectivity index (χ0n) is 35.9. The maximum Gasteiger partial charge on any atom is 0.424 e. The minimum atomic E-state index is -2.31. The SMILES string of the molecule is C=CCN(CCC)C(CO[Si](C)(C)C(C)(C)C)Cc1c(F)c(C)c(C(=O)Oc2ccccc2)c(OCCCC)c1N(C(=O)OC(C)(C)C)C(=O)OC(C)(C)C. The Morgan fingerprint density at radius 3 is 1.95 bits per heavy atom. The molecule has 0 saturated heterocycles. The average Bonchev–Trinajstić information content (AvgIpc) is 3.04. The first-order valence-corrected chi connectivity index (χ1v) is 22.3. The molecule has 0 bridgehead atoms. The number of benzene rings is 2. The van der Waals surface area contributed by atoms with Gasteiger partial charge in [-0.2, -0.15) is 4.90 Å². The smallest absolute Gasteiger partial charge is 0.424 e. The Kier molecular flexibility index (Phi) is 17.2. The molecule has 308 valence electrons. The number of halogens is 1. The lowest BCUT2D eigenvalue weighted by atomic mass is 9.94. The number of hydrogen-bond acceptors (Lipinski definition) is 9. The van der Waals surface area contributed by atoms with Gasteiger partial charge in [0.25, 0.3) is 0 Å². The molecule has 0 aromatic heterocycles. The lowest BCUT2D eigenvalue weighted by Gasteiger charge is -2.40. The number of rotatable bonds is 17. The number of nitrogens with zero attached hydrogens (tertiary/aromatic N) is 2. The van der Waals surface area contributed by atoms with Crippen molar-refractivity contribution in [1.82, 2.24) is 4.90 Å². The molecule has 0 aliphatic carbocycles. The number of carbonyl (C=O) groups excluding carboxylic acids is 3. The Morgan fingerprint density at radius 1 is 0.909 bits per heavy atom. The van der Waals surface area contributed by atoms with Gasteiger partial charge in [-0.05, 0) is 105 Å². The molecule has 0 aliphatic rings. The lowest BCUT2D eigenvalue weighted by molar-refractivity contribution is 0.0426. The van der Waals surface area contributed by atoms with Crippen molar-refractivity contribution in [3.8, 4) is 11.5 Å². The van der Waals surface area contributed by atoms with Crippen molar-refractivity contribution in [3.63, 3.8) is 0 Å². The van der Waals surface area contributed by atoms with Gasteiger partial charge in [0.1, 0.15) is 34.0 Å². The Bertz CT molecular complexity index is 1580. The van der Waals surface area contributed by atoms with Gasteiger partial charge < -0.3 is 23.4 Å². The van der Waals surface area contributed by atoms with Gasteiger partial charge in [-0.15, -0.1) is 6.58 Å². The Balaban J connectivity index is 3.17. The molecule has 0 aliphatic heterocycles. The summed E-state index contributed by atoms with van der Waals surface area (Å²) in [7, 11) is -2.31. The number of para-hydroxylation sites is 1. The number of esters is 1. The van der Waals surface area contributed by atoms with Gasteiger partial charge in [0.2, 0.25) is 0 Å². The molecule has 2 amide bonds. The minimum Gasteiger partial charge on any atom is -0.490 e. The fourth-order valence-electron chi connectivity index (χ4n) is 5.44. The number of ether oxygens (including phenoxy) is 4. The van der Waals surface area contributed by atoms with Gasteiger partial charge in [-0.3, -0.25) is 4.90 Å². The van der Waals surface area contributed by atoms with Crippen LogP contribution in [0.4, 0.5) is 19.7 Å². The van der Waals surface area contributed by atoms with Crippen molar-refractivity contribution in [2.75, 3.05) is 31.2 Å².